The Morgan fingerprint density at radius 2 is 2.10 bits per heavy atom. The van der Waals surface area contributed by atoms with Crippen molar-refractivity contribution < 1.29 is 14.3 Å². The van der Waals surface area contributed by atoms with Gasteiger partial charge in [-0.3, -0.25) is 9.59 Å². The molecular weight excluding hydrogens is 256 g/mol. The summed E-state index contributed by atoms with van der Waals surface area (Å²) in [5, 5.41) is 5.73. The van der Waals surface area contributed by atoms with Crippen molar-refractivity contribution in [3.8, 4) is 0 Å². The molecule has 1 aromatic rings. The van der Waals surface area contributed by atoms with E-state index in [1.165, 1.54) is 0 Å². The van der Waals surface area contributed by atoms with E-state index in [0.717, 1.165) is 18.5 Å². The molecule has 1 aliphatic rings. The second-order valence-electron chi connectivity index (χ2n) is 5.17. The Morgan fingerprint density at radius 1 is 1.35 bits per heavy atom. The molecule has 1 amide bonds. The maximum absolute atomic E-state index is 11.8. The van der Waals surface area contributed by atoms with E-state index < -0.39 is 5.97 Å². The quantitative estimate of drug-likeness (QED) is 0.782. The van der Waals surface area contributed by atoms with Gasteiger partial charge >= 0.3 is 5.97 Å². The van der Waals surface area contributed by atoms with Crippen molar-refractivity contribution in [2.75, 3.05) is 13.1 Å². The van der Waals surface area contributed by atoms with E-state index in [1.54, 1.807) is 0 Å². The van der Waals surface area contributed by atoms with Crippen molar-refractivity contribution in [2.24, 2.45) is 5.92 Å². The summed E-state index contributed by atoms with van der Waals surface area (Å²) in [7, 11) is 0. The number of carbonyl (C=O) groups is 2. The van der Waals surface area contributed by atoms with Gasteiger partial charge in [0.1, 0.15) is 13.2 Å². The standard InChI is InChI=1S/C15H20N2O3/c1-11-7-13(16-8-11)15(19)17-9-14(18)20-10-12-5-3-2-4-6-12/h2-6,11,13,16H,7-10H2,1H3,(H,17,19). The van der Waals surface area contributed by atoms with Crippen LogP contribution < -0.4 is 10.6 Å². The fourth-order valence-electron chi connectivity index (χ4n) is 2.18. The van der Waals surface area contributed by atoms with Crippen molar-refractivity contribution in [3.05, 3.63) is 35.9 Å². The Labute approximate surface area is 118 Å². The van der Waals surface area contributed by atoms with Crippen LogP contribution in [0.3, 0.4) is 0 Å². The van der Waals surface area contributed by atoms with Gasteiger partial charge < -0.3 is 15.4 Å². The highest BCUT2D eigenvalue weighted by Gasteiger charge is 2.26. The van der Waals surface area contributed by atoms with Crippen molar-refractivity contribution in [3.63, 3.8) is 0 Å². The van der Waals surface area contributed by atoms with Gasteiger partial charge in [-0.15, -0.1) is 0 Å². The van der Waals surface area contributed by atoms with Crippen LogP contribution in [-0.2, 0) is 20.9 Å². The second kappa shape index (κ2) is 7.05. The third-order valence-corrected chi connectivity index (χ3v) is 3.32. The summed E-state index contributed by atoms with van der Waals surface area (Å²) < 4.78 is 5.09. The lowest BCUT2D eigenvalue weighted by Crippen LogP contribution is -2.42. The molecule has 1 aromatic carbocycles. The molecule has 0 radical (unpaired) electrons. The summed E-state index contributed by atoms with van der Waals surface area (Å²) in [6.07, 6.45) is 0.810. The van der Waals surface area contributed by atoms with E-state index in [-0.39, 0.29) is 25.1 Å². The van der Waals surface area contributed by atoms with Crippen molar-refractivity contribution >= 4 is 11.9 Å². The lowest BCUT2D eigenvalue weighted by atomic mass is 10.1. The molecule has 0 bridgehead atoms. The number of rotatable bonds is 5. The smallest absolute Gasteiger partial charge is 0.325 e. The highest BCUT2D eigenvalue weighted by atomic mass is 16.5. The molecule has 2 rings (SSSR count). The normalized spacial score (nSPS) is 21.4. The van der Waals surface area contributed by atoms with Crippen LogP contribution in [0.2, 0.25) is 0 Å². The van der Waals surface area contributed by atoms with Gasteiger partial charge in [0.2, 0.25) is 5.91 Å². The first kappa shape index (κ1) is 14.5. The van der Waals surface area contributed by atoms with Crippen molar-refractivity contribution in [1.82, 2.24) is 10.6 Å². The molecule has 0 spiro atoms. The average molecular weight is 276 g/mol. The first-order chi connectivity index (χ1) is 9.65. The van der Waals surface area contributed by atoms with E-state index in [1.807, 2.05) is 30.3 Å². The molecule has 20 heavy (non-hydrogen) atoms. The molecule has 0 aromatic heterocycles. The third kappa shape index (κ3) is 4.35. The SMILES string of the molecule is CC1CNC(C(=O)NCC(=O)OCc2ccccc2)C1. The Hall–Kier alpha value is -1.88. The van der Waals surface area contributed by atoms with Crippen LogP contribution in [0.15, 0.2) is 30.3 Å². The summed E-state index contributed by atoms with van der Waals surface area (Å²) in [6.45, 7) is 3.08. The zero-order chi connectivity index (χ0) is 14.4. The zero-order valence-corrected chi connectivity index (χ0v) is 11.6. The molecule has 0 aliphatic carbocycles. The van der Waals surface area contributed by atoms with Gasteiger partial charge in [-0.05, 0) is 24.4 Å². The first-order valence-corrected chi connectivity index (χ1v) is 6.86. The Balaban J connectivity index is 1.66. The summed E-state index contributed by atoms with van der Waals surface area (Å²) in [6, 6.07) is 9.26. The predicted molar refractivity (Wildman–Crippen MR) is 74.8 cm³/mol. The summed E-state index contributed by atoms with van der Waals surface area (Å²) >= 11 is 0. The molecule has 108 valence electrons. The molecule has 1 heterocycles. The maximum atomic E-state index is 11.8. The van der Waals surface area contributed by atoms with Crippen LogP contribution in [0.1, 0.15) is 18.9 Å². The molecule has 5 heteroatoms. The van der Waals surface area contributed by atoms with Gasteiger partial charge in [0.15, 0.2) is 0 Å². The van der Waals surface area contributed by atoms with Gasteiger partial charge in [0.05, 0.1) is 6.04 Å². The van der Waals surface area contributed by atoms with Gasteiger partial charge in [0.25, 0.3) is 0 Å². The van der Waals surface area contributed by atoms with Gasteiger partial charge in [-0.2, -0.15) is 0 Å². The minimum atomic E-state index is -0.423. The minimum Gasteiger partial charge on any atom is -0.460 e. The third-order valence-electron chi connectivity index (χ3n) is 3.32. The monoisotopic (exact) mass is 276 g/mol. The topological polar surface area (TPSA) is 67.4 Å². The van der Waals surface area contributed by atoms with Crippen LogP contribution in [0, 0.1) is 5.92 Å². The molecular formula is C15H20N2O3. The van der Waals surface area contributed by atoms with Crippen LogP contribution in [0.5, 0.6) is 0 Å². The number of hydrogen-bond acceptors (Lipinski definition) is 4. The molecule has 0 saturated carbocycles. The summed E-state index contributed by atoms with van der Waals surface area (Å²) in [4.78, 5) is 23.3. The van der Waals surface area contributed by atoms with E-state index in [0.29, 0.717) is 5.92 Å². The van der Waals surface area contributed by atoms with Gasteiger partial charge in [-0.25, -0.2) is 0 Å². The summed E-state index contributed by atoms with van der Waals surface area (Å²) in [5.41, 5.74) is 0.929. The highest BCUT2D eigenvalue weighted by Crippen LogP contribution is 2.12. The minimum absolute atomic E-state index is 0.0851. The predicted octanol–water partition coefficient (Wildman–Crippen LogP) is 0.844. The molecule has 1 fully saturated rings. The Bertz CT molecular complexity index is 461. The fourth-order valence-corrected chi connectivity index (χ4v) is 2.18. The highest BCUT2D eigenvalue weighted by molar-refractivity contribution is 5.85. The number of ether oxygens (including phenoxy) is 1. The second-order valence-corrected chi connectivity index (χ2v) is 5.17. The molecule has 2 unspecified atom stereocenters. The number of esters is 1. The van der Waals surface area contributed by atoms with Crippen molar-refractivity contribution in [1.29, 1.82) is 0 Å². The molecule has 2 N–H and O–H groups in total. The van der Waals surface area contributed by atoms with Crippen LogP contribution >= 0.6 is 0 Å². The van der Waals surface area contributed by atoms with Crippen molar-refractivity contribution in [2.45, 2.75) is 26.0 Å². The van der Waals surface area contributed by atoms with E-state index in [4.69, 9.17) is 4.74 Å². The Morgan fingerprint density at radius 3 is 2.75 bits per heavy atom. The molecule has 1 saturated heterocycles. The number of carbonyl (C=O) groups excluding carboxylic acids is 2. The fraction of sp³-hybridized carbons (Fsp3) is 0.467. The van der Waals surface area contributed by atoms with Crippen LogP contribution in [0.25, 0.3) is 0 Å². The first-order valence-electron chi connectivity index (χ1n) is 6.86. The summed E-state index contributed by atoms with van der Waals surface area (Å²) in [5.74, 6) is -0.0601. The van der Waals surface area contributed by atoms with Crippen LogP contribution in [-0.4, -0.2) is 31.0 Å². The van der Waals surface area contributed by atoms with Gasteiger partial charge in [0, 0.05) is 0 Å². The molecule has 5 nitrogen and oxygen atoms in total. The zero-order valence-electron chi connectivity index (χ0n) is 11.6. The molecule has 1 aliphatic heterocycles. The van der Waals surface area contributed by atoms with E-state index >= 15 is 0 Å². The van der Waals surface area contributed by atoms with E-state index in [9.17, 15) is 9.59 Å². The van der Waals surface area contributed by atoms with Crippen LogP contribution in [0.4, 0.5) is 0 Å². The Kier molecular flexibility index (Phi) is 5.12. The number of hydrogen-bond donors (Lipinski definition) is 2. The maximum Gasteiger partial charge on any atom is 0.325 e. The number of benzene rings is 1. The lowest BCUT2D eigenvalue weighted by molar-refractivity contribution is -0.145. The molecule has 2 atom stereocenters. The number of amides is 1. The largest absolute Gasteiger partial charge is 0.460 e. The van der Waals surface area contributed by atoms with E-state index in [2.05, 4.69) is 17.6 Å². The lowest BCUT2D eigenvalue weighted by Gasteiger charge is -2.11. The average Bonchev–Trinajstić information content (AvgIpc) is 2.90. The number of nitrogens with one attached hydrogen (secondary N) is 2. The van der Waals surface area contributed by atoms with Gasteiger partial charge in [-0.1, -0.05) is 37.3 Å².